The molecule has 16 heteroatoms. The number of carbonyl (C=O) groups excluding carboxylic acids is 3. The zero-order chi connectivity index (χ0) is 37.4. The predicted octanol–water partition coefficient (Wildman–Crippen LogP) is 2.74. The summed E-state index contributed by atoms with van der Waals surface area (Å²) in [5.41, 5.74) is -1.56. The van der Waals surface area contributed by atoms with Crippen LogP contribution in [0.3, 0.4) is 0 Å². The van der Waals surface area contributed by atoms with Gasteiger partial charge in [-0.3, -0.25) is 19.1 Å². The van der Waals surface area contributed by atoms with Crippen LogP contribution in [0.1, 0.15) is 58.8 Å². The molecular formula is C36H47N5O10S. The van der Waals surface area contributed by atoms with E-state index in [4.69, 9.17) is 14.2 Å². The number of ether oxygens (including phenoxy) is 3. The normalized spacial score (nSPS) is 30.2. The highest BCUT2D eigenvalue weighted by Gasteiger charge is 2.63. The minimum atomic E-state index is -4.01. The number of pyridine rings is 1. The molecule has 0 unspecified atom stereocenters. The Kier molecular flexibility index (Phi) is 10.4. The summed E-state index contributed by atoms with van der Waals surface area (Å²) in [5.74, 6) is -2.35. The quantitative estimate of drug-likeness (QED) is 0.275. The maximum Gasteiger partial charge on any atom is 0.405 e. The lowest BCUT2D eigenvalue weighted by Gasteiger charge is -2.33. The molecule has 1 aromatic carbocycles. The standard InChI is InChI=1S/C36H47N5O10S/c1-21-9-5-6-10-23-17-36(23,33(44)40-52(47,48)35(2)13-14-35)39-30(42)27-16-24(51-31-26-12-8-7-11-25(26)28(50-4)18-37-31)19-41(27)32(43)29(38-34(45)46)22(15-21)20-49-3/h6-8,10-12,18,21-24,27,29,38H,5,9,13-17,19-20H2,1-4H3,(H,39,42)(H,40,44)(H,45,46)/t21-,22-,23+,24+,27-,29-,36+/m0/s1. The van der Waals surface area contributed by atoms with Gasteiger partial charge in [-0.1, -0.05) is 37.3 Å². The summed E-state index contributed by atoms with van der Waals surface area (Å²) in [6.07, 6.45) is 5.87. The number of hydrogen-bond acceptors (Lipinski definition) is 10. The number of carboxylic acid groups (broad SMARTS) is 1. The Bertz CT molecular complexity index is 1870. The number of fused-ring (bicyclic) bond motifs is 3. The molecule has 6 rings (SSSR count). The van der Waals surface area contributed by atoms with Gasteiger partial charge in [0.2, 0.25) is 27.7 Å². The number of aromatic nitrogens is 1. The van der Waals surface area contributed by atoms with Crippen LogP contribution in [0.2, 0.25) is 0 Å². The average molecular weight is 742 g/mol. The van der Waals surface area contributed by atoms with Crippen LogP contribution in [0.15, 0.2) is 42.6 Å². The molecule has 4 amide bonds. The molecule has 3 heterocycles. The van der Waals surface area contributed by atoms with Gasteiger partial charge in [0, 0.05) is 36.1 Å². The minimum absolute atomic E-state index is 0.0146. The van der Waals surface area contributed by atoms with Gasteiger partial charge < -0.3 is 34.9 Å². The summed E-state index contributed by atoms with van der Waals surface area (Å²) in [4.78, 5) is 60.6. The second-order valence-electron chi connectivity index (χ2n) is 14.8. The molecule has 2 aliphatic heterocycles. The Morgan fingerprint density at radius 3 is 2.54 bits per heavy atom. The highest BCUT2D eigenvalue weighted by molar-refractivity contribution is 7.91. The van der Waals surface area contributed by atoms with E-state index in [1.807, 2.05) is 43.3 Å². The van der Waals surface area contributed by atoms with Crippen LogP contribution >= 0.6 is 0 Å². The van der Waals surface area contributed by atoms with Gasteiger partial charge in [-0.25, -0.2) is 18.2 Å². The van der Waals surface area contributed by atoms with Gasteiger partial charge in [0.25, 0.3) is 5.91 Å². The topological polar surface area (TPSA) is 203 Å². The van der Waals surface area contributed by atoms with Crippen molar-refractivity contribution in [3.8, 4) is 11.6 Å². The number of nitrogens with one attached hydrogen (secondary N) is 3. The summed E-state index contributed by atoms with van der Waals surface area (Å²) in [6.45, 7) is 3.57. The molecule has 4 aliphatic rings. The largest absolute Gasteiger partial charge is 0.494 e. The van der Waals surface area contributed by atoms with E-state index in [-0.39, 0.29) is 37.8 Å². The highest BCUT2D eigenvalue weighted by atomic mass is 32.2. The zero-order valence-electron chi connectivity index (χ0n) is 29.8. The van der Waals surface area contributed by atoms with Crippen LogP contribution < -0.4 is 24.8 Å². The van der Waals surface area contributed by atoms with Gasteiger partial charge in [0.1, 0.15) is 29.5 Å². The second kappa shape index (κ2) is 14.5. The SMILES string of the molecule is COC[C@@H]1C[C@@H](C)CCC=C[C@@H]2C[C@@]2(C(=O)NS(=O)(=O)C2(C)CC2)NC(=O)[C@@H]2C[C@@H](Oc3ncc(OC)c4ccccc34)CN2C(=O)[C@H]1NC(=O)O. The molecule has 0 radical (unpaired) electrons. The maximum absolute atomic E-state index is 14.5. The van der Waals surface area contributed by atoms with Crippen LogP contribution in [0, 0.1) is 17.8 Å². The summed E-state index contributed by atoms with van der Waals surface area (Å²) < 4.78 is 44.7. The zero-order valence-corrected chi connectivity index (χ0v) is 30.6. The third kappa shape index (κ3) is 7.40. The molecule has 0 spiro atoms. The Morgan fingerprint density at radius 1 is 1.13 bits per heavy atom. The molecule has 0 bridgehead atoms. The number of nitrogens with zero attached hydrogens (tertiary/aromatic N) is 2. The lowest BCUT2D eigenvalue weighted by atomic mass is 9.87. The molecule has 52 heavy (non-hydrogen) atoms. The number of sulfonamides is 1. The fourth-order valence-corrected chi connectivity index (χ4v) is 8.79. The second-order valence-corrected chi connectivity index (χ2v) is 17.0. The van der Waals surface area contributed by atoms with Crippen molar-refractivity contribution in [3.63, 3.8) is 0 Å². The van der Waals surface area contributed by atoms with Crippen LogP contribution in [0.5, 0.6) is 11.6 Å². The minimum Gasteiger partial charge on any atom is -0.494 e. The molecule has 282 valence electrons. The molecule has 4 N–H and O–H groups in total. The van der Waals surface area contributed by atoms with Crippen molar-refractivity contribution in [3.05, 3.63) is 42.6 Å². The van der Waals surface area contributed by atoms with Crippen molar-refractivity contribution in [2.75, 3.05) is 27.4 Å². The number of carbonyl (C=O) groups is 4. The van der Waals surface area contributed by atoms with E-state index >= 15 is 0 Å². The number of amides is 4. The van der Waals surface area contributed by atoms with Gasteiger partial charge in [-0.15, -0.1) is 0 Å². The first-order chi connectivity index (χ1) is 24.7. The van der Waals surface area contributed by atoms with E-state index in [1.165, 1.54) is 25.3 Å². The predicted molar refractivity (Wildman–Crippen MR) is 189 cm³/mol. The van der Waals surface area contributed by atoms with E-state index in [2.05, 4.69) is 20.3 Å². The Hall–Kier alpha value is -4.44. The number of allylic oxidation sites excluding steroid dienone is 1. The lowest BCUT2D eigenvalue weighted by molar-refractivity contribution is -0.142. The Morgan fingerprint density at radius 2 is 1.87 bits per heavy atom. The van der Waals surface area contributed by atoms with Crippen molar-refractivity contribution in [2.45, 2.75) is 87.3 Å². The van der Waals surface area contributed by atoms with Gasteiger partial charge >= 0.3 is 6.09 Å². The van der Waals surface area contributed by atoms with E-state index in [1.54, 1.807) is 6.92 Å². The summed E-state index contributed by atoms with van der Waals surface area (Å²) in [6, 6.07) is 4.88. The van der Waals surface area contributed by atoms with Gasteiger partial charge in [-0.05, 0) is 57.4 Å². The Labute approximate surface area is 302 Å². The highest BCUT2D eigenvalue weighted by Crippen LogP contribution is 2.47. The average Bonchev–Trinajstić information content (AvgIpc) is 3.98. The smallest absolute Gasteiger partial charge is 0.405 e. The van der Waals surface area contributed by atoms with Crippen molar-refractivity contribution < 1.29 is 46.9 Å². The monoisotopic (exact) mass is 741 g/mol. The Balaban J connectivity index is 1.36. The molecule has 3 fully saturated rings. The molecule has 2 saturated carbocycles. The third-order valence-electron chi connectivity index (χ3n) is 11.0. The molecule has 2 aliphatic carbocycles. The molecular weight excluding hydrogens is 694 g/mol. The lowest BCUT2D eigenvalue weighted by Crippen LogP contribution is -2.59. The fraction of sp³-hybridized carbons (Fsp3) is 0.583. The number of benzene rings is 1. The van der Waals surface area contributed by atoms with E-state index in [9.17, 15) is 32.7 Å². The summed E-state index contributed by atoms with van der Waals surface area (Å²) in [7, 11) is -0.999. The van der Waals surface area contributed by atoms with Crippen molar-refractivity contribution in [1.82, 2.24) is 25.2 Å². The van der Waals surface area contributed by atoms with Crippen molar-refractivity contribution >= 4 is 44.6 Å². The van der Waals surface area contributed by atoms with Crippen LogP contribution in [0.25, 0.3) is 10.8 Å². The van der Waals surface area contributed by atoms with E-state index in [0.717, 1.165) is 5.39 Å². The van der Waals surface area contributed by atoms with Crippen molar-refractivity contribution in [1.29, 1.82) is 0 Å². The molecule has 15 nitrogen and oxygen atoms in total. The summed E-state index contributed by atoms with van der Waals surface area (Å²) in [5, 5.41) is 16.5. The number of methoxy groups -OCH3 is 2. The first kappa shape index (κ1) is 37.3. The first-order valence-corrected chi connectivity index (χ1v) is 19.1. The third-order valence-corrected chi connectivity index (χ3v) is 13.1. The van der Waals surface area contributed by atoms with E-state index < -0.39 is 74.1 Å². The van der Waals surface area contributed by atoms with Crippen molar-refractivity contribution in [2.24, 2.45) is 17.8 Å². The van der Waals surface area contributed by atoms with Gasteiger partial charge in [-0.2, -0.15) is 0 Å². The molecule has 7 atom stereocenters. The van der Waals surface area contributed by atoms with Crippen LogP contribution in [-0.2, 0) is 29.1 Å². The van der Waals surface area contributed by atoms with E-state index in [0.29, 0.717) is 43.2 Å². The molecule has 1 saturated heterocycles. The molecule has 2 aromatic rings. The van der Waals surface area contributed by atoms with Crippen LogP contribution in [0.4, 0.5) is 4.79 Å². The first-order valence-electron chi connectivity index (χ1n) is 17.6. The fourth-order valence-electron chi connectivity index (χ4n) is 7.48. The van der Waals surface area contributed by atoms with Crippen LogP contribution in [-0.4, -0.2) is 103 Å². The summed E-state index contributed by atoms with van der Waals surface area (Å²) >= 11 is 0. The maximum atomic E-state index is 14.5. The molecule has 1 aromatic heterocycles. The number of rotatable bonds is 9. The number of hydrogen-bond donors (Lipinski definition) is 4. The van der Waals surface area contributed by atoms with Gasteiger partial charge in [0.05, 0.1) is 31.2 Å². The van der Waals surface area contributed by atoms with Gasteiger partial charge in [0.15, 0.2) is 0 Å².